The first kappa shape index (κ1) is 76.1. The monoisotopic (exact) mass is 1580 g/mol. The van der Waals surface area contributed by atoms with Gasteiger partial charge in [0.25, 0.3) is 10.8 Å². The molecule has 0 amide bonds. The molecule has 0 atom stereocenters. The molecule has 0 aliphatic carbocycles. The number of hydrogen-bond acceptors (Lipinski definition) is 11. The second-order valence-electron chi connectivity index (χ2n) is 18.6. The Morgan fingerprint density at radius 1 is 0.554 bits per heavy atom. The Morgan fingerprint density at radius 2 is 1.00 bits per heavy atom. The van der Waals surface area contributed by atoms with Gasteiger partial charge in [-0.1, -0.05) is 193 Å². The number of carbonyl (C=O) groups is 1. The summed E-state index contributed by atoms with van der Waals surface area (Å²) < 4.78 is 8.16. The number of nitrogens with zero attached hydrogens (tertiary/aromatic N) is 8. The van der Waals surface area contributed by atoms with Crippen LogP contribution in [0.2, 0.25) is 30.1 Å². The summed E-state index contributed by atoms with van der Waals surface area (Å²) >= 11 is 57.1. The molecule has 0 saturated heterocycles. The zero-order chi connectivity index (χ0) is 67.4. The van der Waals surface area contributed by atoms with E-state index in [1.165, 1.54) is 36.3 Å². The quantitative estimate of drug-likeness (QED) is 0.0716. The molecule has 92 heavy (non-hydrogen) atoms. The first-order chi connectivity index (χ1) is 44.1. The lowest BCUT2D eigenvalue weighted by Crippen LogP contribution is -2.22. The molecule has 14 nitrogen and oxygen atoms in total. The fraction of sp³-hybridized carbons (Fsp3) is 0.119. The van der Waals surface area contributed by atoms with Gasteiger partial charge in [-0.05, 0) is 189 Å². The highest BCUT2D eigenvalue weighted by Gasteiger charge is 2.21. The number of benzene rings is 8. The lowest BCUT2D eigenvalue weighted by molar-refractivity contribution is -0.191. The zero-order valence-corrected chi connectivity index (χ0v) is 60.2. The number of nitrogens with two attached hydrogens (primary N) is 2. The van der Waals surface area contributed by atoms with Gasteiger partial charge in [-0.15, -0.1) is 0 Å². The SMILES string of the molecule is CCN(CC)CC.CCc1ncn(-c2ccccc2)c1N.ClC(=Nc1ccc(Br)cc1)c1ccc(Cl)cc1Cl.Nc1ccc(Br)cc1.O=C(Cl)c1ccc(Cl)cc1Cl.O=C=O.O=c1c2ncn(-c3ccccc3)c2nc(-c2ccc(Cl)cc2Cl)n1-c1ccc(Br)cc1. The third kappa shape index (κ3) is 23.1. The molecule has 476 valence electrons. The summed E-state index contributed by atoms with van der Waals surface area (Å²) in [6.45, 7) is 12.2. The Hall–Kier alpha value is -6.64. The maximum absolute atomic E-state index is 13.6. The van der Waals surface area contributed by atoms with Crippen LogP contribution in [0.3, 0.4) is 0 Å². The Labute approximate surface area is 598 Å². The number of fused-ring (bicyclic) bond motifs is 1. The molecule has 0 bridgehead atoms. The zero-order valence-electron chi connectivity index (χ0n) is 49.4. The highest BCUT2D eigenvalue weighted by molar-refractivity contribution is 9.11. The maximum atomic E-state index is 13.6. The molecule has 0 fully saturated rings. The maximum Gasteiger partial charge on any atom is 0.373 e. The van der Waals surface area contributed by atoms with Gasteiger partial charge in [0.1, 0.15) is 23.6 Å². The Bertz CT molecular complexity index is 4260. The van der Waals surface area contributed by atoms with Crippen molar-refractivity contribution >= 4 is 186 Å². The molecule has 11 aromatic rings. The van der Waals surface area contributed by atoms with E-state index in [1.807, 2.05) is 145 Å². The number of aryl methyl sites for hydroxylation is 1. The average molecular weight is 1590 g/mol. The smallest absolute Gasteiger partial charge is 0.373 e. The molecule has 0 aliphatic rings. The summed E-state index contributed by atoms with van der Waals surface area (Å²) in [4.78, 5) is 60.6. The number of aromatic nitrogens is 6. The van der Waals surface area contributed by atoms with Crippen LogP contribution >= 0.6 is 141 Å². The van der Waals surface area contributed by atoms with Crippen molar-refractivity contribution in [2.75, 3.05) is 31.1 Å². The first-order valence-corrected chi connectivity index (χ1v) is 32.9. The van der Waals surface area contributed by atoms with Crippen molar-refractivity contribution in [1.29, 1.82) is 0 Å². The molecule has 3 heterocycles. The predicted molar refractivity (Wildman–Crippen MR) is 391 cm³/mol. The third-order valence-electron chi connectivity index (χ3n) is 12.7. The van der Waals surface area contributed by atoms with E-state index in [2.05, 4.69) is 88.4 Å². The van der Waals surface area contributed by atoms with Crippen LogP contribution in [0.5, 0.6) is 0 Å². The molecule has 11 rings (SSSR count). The minimum absolute atomic E-state index is 0.250. The van der Waals surface area contributed by atoms with Crippen LogP contribution in [0.4, 0.5) is 17.2 Å². The molecule has 0 spiro atoms. The van der Waals surface area contributed by atoms with Crippen LogP contribution in [0.25, 0.3) is 39.6 Å². The molecule has 0 saturated carbocycles. The minimum Gasteiger partial charge on any atom is -0.399 e. The number of halogens is 11. The van der Waals surface area contributed by atoms with Gasteiger partial charge in [0, 0.05) is 56.7 Å². The highest BCUT2D eigenvalue weighted by atomic mass is 79.9. The van der Waals surface area contributed by atoms with E-state index in [-0.39, 0.29) is 27.8 Å². The molecular formula is C67H57Br3Cl8N10O4. The molecule has 0 radical (unpaired) electrons. The average Bonchev–Trinajstić information content (AvgIpc) is 1.46. The Kier molecular flexibility index (Phi) is 32.4. The van der Waals surface area contributed by atoms with E-state index in [4.69, 9.17) is 119 Å². The number of para-hydroxylation sites is 2. The topological polar surface area (TPSA) is 189 Å². The number of rotatable bonds is 11. The van der Waals surface area contributed by atoms with Crippen LogP contribution in [0.15, 0.2) is 224 Å². The van der Waals surface area contributed by atoms with Crippen LogP contribution < -0.4 is 17.0 Å². The van der Waals surface area contributed by atoms with Gasteiger partial charge in [0.05, 0.1) is 37.7 Å². The number of aliphatic imine (C=N–C) groups is 1. The molecule has 0 unspecified atom stereocenters. The fourth-order valence-corrected chi connectivity index (χ4v) is 10.8. The largest absolute Gasteiger partial charge is 0.399 e. The van der Waals surface area contributed by atoms with E-state index >= 15 is 0 Å². The van der Waals surface area contributed by atoms with Gasteiger partial charge in [-0.2, -0.15) is 9.59 Å². The standard InChI is InChI=1S/C23H13BrCl2N4O.C13H7BrCl3N.C11H13N3.C7H3Cl3O.C6H6BrN.C6H15N.CO2/c24-14-6-9-17(10-7-14)30-21(18-11-8-15(25)12-19(18)26)28-22-20(23(30)31)27-13-29(22)16-4-2-1-3-5-16;14-8-1-4-10(5-2-8)18-13(17)11-6-3-9(15)7-12(11)16;1-2-10-11(12)14(8-13-10)9-6-4-3-5-7-9;8-4-1-2-5(7(10)11)6(9)3-4;7-5-1-3-6(8)4-2-5;1-4-7(5-2)6-3;2-1-3/h1-13H;1-7H;3-8H,2,12H2,1H3;1-3H;1-4H,8H2;4-6H2,1-3H3;. The van der Waals surface area contributed by atoms with Crippen molar-refractivity contribution in [2.24, 2.45) is 4.99 Å². The van der Waals surface area contributed by atoms with Crippen molar-refractivity contribution in [3.8, 4) is 28.5 Å². The lowest BCUT2D eigenvalue weighted by atomic mass is 10.2. The molecule has 0 aliphatic heterocycles. The second-order valence-corrected chi connectivity index (χ2v) is 24.6. The Morgan fingerprint density at radius 3 is 1.43 bits per heavy atom. The fourth-order valence-electron chi connectivity index (χ4n) is 8.00. The van der Waals surface area contributed by atoms with Gasteiger partial charge in [0.15, 0.2) is 17.0 Å². The summed E-state index contributed by atoms with van der Waals surface area (Å²) in [7, 11) is 0. The van der Waals surface area contributed by atoms with E-state index in [0.717, 1.165) is 54.1 Å². The van der Waals surface area contributed by atoms with Crippen molar-refractivity contribution in [3.63, 3.8) is 0 Å². The van der Waals surface area contributed by atoms with E-state index in [9.17, 15) is 9.59 Å². The summed E-state index contributed by atoms with van der Waals surface area (Å²) in [6.07, 6.45) is 4.49. The molecule has 8 aromatic carbocycles. The second kappa shape index (κ2) is 39.2. The summed E-state index contributed by atoms with van der Waals surface area (Å²) in [5.74, 6) is 1.14. The molecular weight excluding hydrogens is 1530 g/mol. The van der Waals surface area contributed by atoms with Gasteiger partial charge in [0.2, 0.25) is 0 Å². The van der Waals surface area contributed by atoms with Crippen LogP contribution in [-0.2, 0) is 16.0 Å². The first-order valence-electron chi connectivity index (χ1n) is 27.5. The minimum atomic E-state index is -0.577. The van der Waals surface area contributed by atoms with Gasteiger partial charge < -0.3 is 16.4 Å². The van der Waals surface area contributed by atoms with Crippen molar-refractivity contribution in [2.45, 2.75) is 34.1 Å². The predicted octanol–water partition coefficient (Wildman–Crippen LogP) is 20.6. The van der Waals surface area contributed by atoms with E-state index in [1.54, 1.807) is 59.7 Å². The highest BCUT2D eigenvalue weighted by Crippen LogP contribution is 2.32. The molecule has 4 N–H and O–H groups in total. The van der Waals surface area contributed by atoms with Gasteiger partial charge in [-0.25, -0.2) is 19.9 Å². The van der Waals surface area contributed by atoms with Crippen LogP contribution in [0, 0.1) is 0 Å². The van der Waals surface area contributed by atoms with Crippen LogP contribution in [0.1, 0.15) is 49.3 Å². The summed E-state index contributed by atoms with van der Waals surface area (Å²) in [6, 6.07) is 56.8. The third-order valence-corrected chi connectivity index (χ3v) is 16.4. The lowest BCUT2D eigenvalue weighted by Gasteiger charge is -2.14. The Balaban J connectivity index is 0.000000216. The molecule has 25 heteroatoms. The van der Waals surface area contributed by atoms with Crippen molar-refractivity contribution in [3.05, 3.63) is 271 Å². The van der Waals surface area contributed by atoms with E-state index < -0.39 is 5.24 Å². The van der Waals surface area contributed by atoms with Crippen molar-refractivity contribution in [1.82, 2.24) is 33.6 Å². The number of carbonyl (C=O) groups excluding carboxylic acids is 3. The number of imidazole rings is 2. The van der Waals surface area contributed by atoms with Gasteiger partial charge >= 0.3 is 6.15 Å². The summed E-state index contributed by atoms with van der Waals surface area (Å²) in [5.41, 5.74) is 18.4. The molecule has 3 aromatic heterocycles. The number of anilines is 2. The normalized spacial score (nSPS) is 10.5. The summed E-state index contributed by atoms with van der Waals surface area (Å²) in [5, 5.41) is 2.46. The number of hydrogen-bond donors (Lipinski definition) is 2. The van der Waals surface area contributed by atoms with E-state index in [0.29, 0.717) is 58.6 Å². The van der Waals surface area contributed by atoms with Crippen molar-refractivity contribution < 1.29 is 14.4 Å². The van der Waals surface area contributed by atoms with Gasteiger partial charge in [-0.3, -0.25) is 23.3 Å². The van der Waals surface area contributed by atoms with Crippen LogP contribution in [-0.4, -0.2) is 69.8 Å². The number of nitrogen functional groups attached to an aromatic ring is 2.